The Labute approximate surface area is 255 Å². The maximum absolute atomic E-state index is 13.8. The van der Waals surface area contributed by atoms with Crippen molar-refractivity contribution in [2.45, 2.75) is 21.6 Å². The van der Waals surface area contributed by atoms with Gasteiger partial charge in [0.05, 0.1) is 27.8 Å². The number of nitrogens with one attached hydrogen (secondary N) is 2. The lowest BCUT2D eigenvalue weighted by Gasteiger charge is -2.26. The van der Waals surface area contributed by atoms with E-state index in [0.29, 0.717) is 23.1 Å². The first-order valence-corrected chi connectivity index (χ1v) is 17.1. The number of para-hydroxylation sites is 2. The normalized spacial score (nSPS) is 11.5. The van der Waals surface area contributed by atoms with Crippen LogP contribution in [0.25, 0.3) is 0 Å². The standard InChI is InChI=1S/C29H28ClN3O6S3/c1-3-39-28-10-5-4-9-27(28)33(42(37,38)26-17-13-24(40-2)14-18-26)20-29(34)31-22-11-15-25(16-12-22)41(35,36)32-23-8-6-7-21(30)19-23/h4-19,32H,3,20H2,1-2H3,(H,31,34). The van der Waals surface area contributed by atoms with Crippen molar-refractivity contribution in [3.8, 4) is 5.75 Å². The van der Waals surface area contributed by atoms with E-state index >= 15 is 0 Å². The zero-order chi connectivity index (χ0) is 30.3. The summed E-state index contributed by atoms with van der Waals surface area (Å²) in [6.45, 7) is 1.51. The second-order valence-corrected chi connectivity index (χ2v) is 13.6. The number of amides is 1. The van der Waals surface area contributed by atoms with Crippen LogP contribution in [0, 0.1) is 0 Å². The van der Waals surface area contributed by atoms with Crippen molar-refractivity contribution >= 4 is 66.4 Å². The van der Waals surface area contributed by atoms with Crippen LogP contribution in [-0.2, 0) is 24.8 Å². The van der Waals surface area contributed by atoms with E-state index < -0.39 is 32.5 Å². The molecular formula is C29H28ClN3O6S3. The molecule has 4 aromatic rings. The highest BCUT2D eigenvalue weighted by Gasteiger charge is 2.29. The molecule has 0 aliphatic rings. The lowest BCUT2D eigenvalue weighted by atomic mass is 10.3. The molecule has 0 aromatic heterocycles. The Hall–Kier alpha value is -3.71. The lowest BCUT2D eigenvalue weighted by Crippen LogP contribution is -2.38. The summed E-state index contributed by atoms with van der Waals surface area (Å²) in [5.41, 5.74) is 0.787. The number of ether oxygens (including phenoxy) is 1. The Balaban J connectivity index is 1.57. The number of nitrogens with zero attached hydrogens (tertiary/aromatic N) is 1. The third kappa shape index (κ3) is 7.57. The van der Waals surface area contributed by atoms with Crippen LogP contribution in [0.1, 0.15) is 6.92 Å². The summed E-state index contributed by atoms with van der Waals surface area (Å²) in [6, 6.07) is 24.7. The topological polar surface area (TPSA) is 122 Å². The molecule has 0 heterocycles. The number of carbonyl (C=O) groups excluding carboxylic acids is 1. The number of rotatable bonds is 12. The highest BCUT2D eigenvalue weighted by atomic mass is 35.5. The van der Waals surface area contributed by atoms with Crippen LogP contribution < -0.4 is 19.1 Å². The molecule has 0 saturated heterocycles. The fourth-order valence-corrected chi connectivity index (χ4v) is 7.01. The van der Waals surface area contributed by atoms with E-state index in [9.17, 15) is 21.6 Å². The van der Waals surface area contributed by atoms with Gasteiger partial charge in [-0.3, -0.25) is 13.8 Å². The van der Waals surface area contributed by atoms with Crippen LogP contribution in [0.4, 0.5) is 17.1 Å². The first-order valence-electron chi connectivity index (χ1n) is 12.6. The van der Waals surface area contributed by atoms with Crippen LogP contribution in [-0.4, -0.2) is 42.2 Å². The number of sulfonamides is 2. The molecular weight excluding hydrogens is 618 g/mol. The number of hydrogen-bond donors (Lipinski definition) is 2. The first kappa shape index (κ1) is 31.2. The first-order chi connectivity index (χ1) is 20.0. The van der Waals surface area contributed by atoms with Crippen LogP contribution >= 0.6 is 23.4 Å². The molecule has 2 N–H and O–H groups in total. The quantitative estimate of drug-likeness (QED) is 0.179. The monoisotopic (exact) mass is 645 g/mol. The molecule has 0 atom stereocenters. The summed E-state index contributed by atoms with van der Waals surface area (Å²) < 4.78 is 62.3. The largest absolute Gasteiger partial charge is 0.492 e. The number of thioether (sulfide) groups is 1. The summed E-state index contributed by atoms with van der Waals surface area (Å²) in [6.07, 6.45) is 1.89. The lowest BCUT2D eigenvalue weighted by molar-refractivity contribution is -0.114. The molecule has 4 rings (SSSR count). The molecule has 220 valence electrons. The van der Waals surface area contributed by atoms with E-state index in [1.807, 2.05) is 6.26 Å². The molecule has 0 saturated carbocycles. The smallest absolute Gasteiger partial charge is 0.264 e. The Morgan fingerprint density at radius 3 is 2.17 bits per heavy atom. The maximum Gasteiger partial charge on any atom is 0.264 e. The molecule has 0 bridgehead atoms. The van der Waals surface area contributed by atoms with Crippen molar-refractivity contribution in [1.82, 2.24) is 0 Å². The second kappa shape index (κ2) is 13.5. The van der Waals surface area contributed by atoms with Gasteiger partial charge in [-0.05, 0) is 92.0 Å². The van der Waals surface area contributed by atoms with Gasteiger partial charge in [-0.1, -0.05) is 29.8 Å². The van der Waals surface area contributed by atoms with Gasteiger partial charge in [0.1, 0.15) is 12.3 Å². The van der Waals surface area contributed by atoms with Gasteiger partial charge in [-0.15, -0.1) is 11.8 Å². The van der Waals surface area contributed by atoms with E-state index in [1.165, 1.54) is 54.2 Å². The summed E-state index contributed by atoms with van der Waals surface area (Å²) >= 11 is 7.42. The van der Waals surface area contributed by atoms with Gasteiger partial charge in [0.15, 0.2) is 0 Å². The third-order valence-electron chi connectivity index (χ3n) is 5.89. The van der Waals surface area contributed by atoms with E-state index in [4.69, 9.17) is 16.3 Å². The predicted octanol–water partition coefficient (Wildman–Crippen LogP) is 6.10. The number of carbonyl (C=O) groups is 1. The maximum atomic E-state index is 13.8. The summed E-state index contributed by atoms with van der Waals surface area (Å²) in [7, 11) is -8.10. The fourth-order valence-electron chi connectivity index (χ4n) is 3.93. The Morgan fingerprint density at radius 2 is 1.52 bits per heavy atom. The summed E-state index contributed by atoms with van der Waals surface area (Å²) in [5, 5.41) is 3.03. The highest BCUT2D eigenvalue weighted by Crippen LogP contribution is 2.33. The van der Waals surface area contributed by atoms with Crippen molar-refractivity contribution in [1.29, 1.82) is 0 Å². The van der Waals surface area contributed by atoms with Crippen LogP contribution in [0.2, 0.25) is 5.02 Å². The molecule has 0 radical (unpaired) electrons. The zero-order valence-electron chi connectivity index (χ0n) is 22.7. The Kier molecular flexibility index (Phi) is 10.0. The third-order valence-corrected chi connectivity index (χ3v) is 10.0. The molecule has 0 aliphatic heterocycles. The predicted molar refractivity (Wildman–Crippen MR) is 168 cm³/mol. The van der Waals surface area contributed by atoms with Crippen LogP contribution in [0.3, 0.4) is 0 Å². The molecule has 0 spiro atoms. The average molecular weight is 646 g/mol. The van der Waals surface area contributed by atoms with E-state index in [0.717, 1.165) is 9.20 Å². The SMILES string of the molecule is CCOc1ccccc1N(CC(=O)Nc1ccc(S(=O)(=O)Nc2cccc(Cl)c2)cc1)S(=O)(=O)c1ccc(SC)cc1. The number of anilines is 3. The van der Waals surface area contributed by atoms with Crippen molar-refractivity contribution in [3.05, 3.63) is 102 Å². The highest BCUT2D eigenvalue weighted by molar-refractivity contribution is 7.98. The van der Waals surface area contributed by atoms with Crippen molar-refractivity contribution < 1.29 is 26.4 Å². The van der Waals surface area contributed by atoms with Gasteiger partial charge in [0.2, 0.25) is 5.91 Å². The molecule has 4 aromatic carbocycles. The van der Waals surface area contributed by atoms with E-state index in [1.54, 1.807) is 61.5 Å². The average Bonchev–Trinajstić information content (AvgIpc) is 2.96. The number of hydrogen-bond acceptors (Lipinski definition) is 7. The minimum atomic E-state index is -4.18. The van der Waals surface area contributed by atoms with E-state index in [2.05, 4.69) is 10.0 Å². The van der Waals surface area contributed by atoms with Gasteiger partial charge in [-0.2, -0.15) is 0 Å². The minimum Gasteiger partial charge on any atom is -0.492 e. The fraction of sp³-hybridized carbons (Fsp3) is 0.138. The Bertz CT molecular complexity index is 1770. The Morgan fingerprint density at radius 1 is 0.857 bits per heavy atom. The molecule has 42 heavy (non-hydrogen) atoms. The zero-order valence-corrected chi connectivity index (χ0v) is 25.9. The van der Waals surface area contributed by atoms with Gasteiger partial charge < -0.3 is 10.1 Å². The van der Waals surface area contributed by atoms with E-state index in [-0.39, 0.29) is 21.2 Å². The molecule has 0 fully saturated rings. The van der Waals surface area contributed by atoms with Crippen LogP contribution in [0.15, 0.2) is 112 Å². The van der Waals surface area contributed by atoms with Gasteiger partial charge in [-0.25, -0.2) is 16.8 Å². The summed E-state index contributed by atoms with van der Waals surface area (Å²) in [5.74, 6) is -0.336. The van der Waals surface area contributed by atoms with Crippen molar-refractivity contribution in [2.75, 3.05) is 33.8 Å². The van der Waals surface area contributed by atoms with Gasteiger partial charge in [0, 0.05) is 15.6 Å². The summed E-state index contributed by atoms with van der Waals surface area (Å²) in [4.78, 5) is 14.1. The molecule has 0 aliphatic carbocycles. The van der Waals surface area contributed by atoms with Gasteiger partial charge in [0.25, 0.3) is 20.0 Å². The van der Waals surface area contributed by atoms with Crippen LogP contribution in [0.5, 0.6) is 5.75 Å². The minimum absolute atomic E-state index is 0.0150. The number of halogens is 1. The van der Waals surface area contributed by atoms with Crippen molar-refractivity contribution in [3.63, 3.8) is 0 Å². The van der Waals surface area contributed by atoms with Crippen molar-refractivity contribution in [2.24, 2.45) is 0 Å². The number of benzene rings is 4. The molecule has 1 amide bonds. The molecule has 9 nitrogen and oxygen atoms in total. The second-order valence-electron chi connectivity index (χ2n) is 8.78. The molecule has 0 unspecified atom stereocenters. The van der Waals surface area contributed by atoms with Gasteiger partial charge >= 0.3 is 0 Å². The molecule has 13 heteroatoms.